The van der Waals surface area contributed by atoms with E-state index in [2.05, 4.69) is 4.98 Å². The largest absolute Gasteiger partial charge is 0.378 e. The molecular formula is C17H23FN2O2. The van der Waals surface area contributed by atoms with Crippen molar-refractivity contribution in [3.8, 4) is 0 Å². The molecular weight excluding hydrogens is 283 g/mol. The predicted molar refractivity (Wildman–Crippen MR) is 81.0 cm³/mol. The second-order valence-electron chi connectivity index (χ2n) is 6.42. The summed E-state index contributed by atoms with van der Waals surface area (Å²) in [5.41, 5.74) is 0.467. The highest BCUT2D eigenvalue weighted by Crippen LogP contribution is 2.56. The highest BCUT2D eigenvalue weighted by atomic mass is 19.1. The number of nitrogens with zero attached hydrogens (tertiary/aromatic N) is 2. The first-order chi connectivity index (χ1) is 10.6. The molecule has 4 nitrogen and oxygen atoms in total. The number of halogens is 1. The summed E-state index contributed by atoms with van der Waals surface area (Å²) < 4.78 is 19.1. The lowest BCUT2D eigenvalue weighted by molar-refractivity contribution is -0.152. The highest BCUT2D eigenvalue weighted by molar-refractivity contribution is 5.94. The SMILES string of the molecule is CCO[C@@H]1C[C@H](N(C)C(=O)c2ccnc(F)c2)C12CCCC2. The molecule has 2 saturated carbocycles. The Labute approximate surface area is 130 Å². The van der Waals surface area contributed by atoms with Crippen molar-refractivity contribution in [3.05, 3.63) is 29.8 Å². The average Bonchev–Trinajstić information content (AvgIpc) is 3.02. The van der Waals surface area contributed by atoms with Gasteiger partial charge in [0.15, 0.2) is 0 Å². The predicted octanol–water partition coefficient (Wildman–Crippen LogP) is 3.03. The fourth-order valence-corrected chi connectivity index (χ4v) is 4.27. The van der Waals surface area contributed by atoms with Gasteiger partial charge in [0.05, 0.1) is 6.10 Å². The van der Waals surface area contributed by atoms with Gasteiger partial charge in [0.1, 0.15) is 0 Å². The molecule has 0 saturated heterocycles. The van der Waals surface area contributed by atoms with Crippen LogP contribution in [0.4, 0.5) is 4.39 Å². The summed E-state index contributed by atoms with van der Waals surface area (Å²) in [5, 5.41) is 0. The normalized spacial score (nSPS) is 26.0. The topological polar surface area (TPSA) is 42.4 Å². The Morgan fingerprint density at radius 3 is 2.86 bits per heavy atom. The molecule has 2 fully saturated rings. The van der Waals surface area contributed by atoms with Crippen molar-refractivity contribution in [2.45, 2.75) is 51.2 Å². The number of carbonyl (C=O) groups is 1. The van der Waals surface area contributed by atoms with E-state index < -0.39 is 5.95 Å². The maximum Gasteiger partial charge on any atom is 0.254 e. The molecule has 0 aromatic carbocycles. The number of carbonyl (C=O) groups excluding carboxylic acids is 1. The Morgan fingerprint density at radius 2 is 2.23 bits per heavy atom. The summed E-state index contributed by atoms with van der Waals surface area (Å²) in [4.78, 5) is 17.9. The zero-order chi connectivity index (χ0) is 15.7. The number of hydrogen-bond acceptors (Lipinski definition) is 3. The molecule has 1 heterocycles. The molecule has 2 aliphatic rings. The van der Waals surface area contributed by atoms with Crippen LogP contribution >= 0.6 is 0 Å². The monoisotopic (exact) mass is 306 g/mol. The van der Waals surface area contributed by atoms with Crippen LogP contribution in [0.25, 0.3) is 0 Å². The summed E-state index contributed by atoms with van der Waals surface area (Å²) >= 11 is 0. The van der Waals surface area contributed by atoms with Crippen LogP contribution < -0.4 is 0 Å². The standard InChI is InChI=1S/C17H23FN2O2/c1-3-22-14-11-13(17(14)7-4-5-8-17)20(2)16(21)12-6-9-19-15(18)10-12/h6,9-10,13-14H,3-5,7-8,11H2,1-2H3/t13-,14+/m0/s1. The van der Waals surface area contributed by atoms with Crippen LogP contribution in [-0.2, 0) is 4.74 Å². The molecule has 0 bridgehead atoms. The lowest BCUT2D eigenvalue weighted by Gasteiger charge is -2.57. The van der Waals surface area contributed by atoms with E-state index in [0.29, 0.717) is 12.2 Å². The molecule has 2 atom stereocenters. The van der Waals surface area contributed by atoms with E-state index >= 15 is 0 Å². The van der Waals surface area contributed by atoms with Crippen molar-refractivity contribution in [1.29, 1.82) is 0 Å². The molecule has 1 aromatic heterocycles. The van der Waals surface area contributed by atoms with E-state index in [1.807, 2.05) is 14.0 Å². The molecule has 0 radical (unpaired) electrons. The number of amides is 1. The summed E-state index contributed by atoms with van der Waals surface area (Å²) in [5.74, 6) is -0.747. The highest BCUT2D eigenvalue weighted by Gasteiger charge is 2.58. The minimum absolute atomic E-state index is 0.103. The first-order valence-electron chi connectivity index (χ1n) is 8.09. The van der Waals surface area contributed by atoms with Crippen LogP contribution in [0.5, 0.6) is 0 Å². The van der Waals surface area contributed by atoms with Gasteiger partial charge < -0.3 is 9.64 Å². The molecule has 5 heteroatoms. The molecule has 3 rings (SSSR count). The molecule has 0 aliphatic heterocycles. The van der Waals surface area contributed by atoms with Gasteiger partial charge >= 0.3 is 0 Å². The van der Waals surface area contributed by atoms with Crippen molar-refractivity contribution in [2.24, 2.45) is 5.41 Å². The Bertz CT molecular complexity index is 557. The lowest BCUT2D eigenvalue weighted by Crippen LogP contribution is -2.64. The smallest absolute Gasteiger partial charge is 0.254 e. The van der Waals surface area contributed by atoms with Crippen molar-refractivity contribution in [3.63, 3.8) is 0 Å². The van der Waals surface area contributed by atoms with Gasteiger partial charge in [-0.25, -0.2) is 4.98 Å². The summed E-state index contributed by atoms with van der Waals surface area (Å²) in [7, 11) is 1.83. The second-order valence-corrected chi connectivity index (χ2v) is 6.42. The summed E-state index contributed by atoms with van der Waals surface area (Å²) in [6.45, 7) is 2.73. The van der Waals surface area contributed by atoms with Crippen LogP contribution in [0.3, 0.4) is 0 Å². The van der Waals surface area contributed by atoms with E-state index in [9.17, 15) is 9.18 Å². The van der Waals surface area contributed by atoms with Gasteiger partial charge in [-0.1, -0.05) is 12.8 Å². The Balaban J connectivity index is 1.77. The molecule has 1 amide bonds. The third-order valence-corrected chi connectivity index (χ3v) is 5.41. The third kappa shape index (κ3) is 2.41. The molecule has 0 unspecified atom stereocenters. The van der Waals surface area contributed by atoms with Crippen molar-refractivity contribution < 1.29 is 13.9 Å². The Kier molecular flexibility index (Phi) is 4.17. The third-order valence-electron chi connectivity index (χ3n) is 5.41. The van der Waals surface area contributed by atoms with Crippen LogP contribution in [0.15, 0.2) is 18.3 Å². The van der Waals surface area contributed by atoms with Crippen LogP contribution in [0, 0.1) is 11.4 Å². The van der Waals surface area contributed by atoms with Gasteiger partial charge in [0.2, 0.25) is 5.95 Å². The number of ether oxygens (including phenoxy) is 1. The average molecular weight is 306 g/mol. The van der Waals surface area contributed by atoms with E-state index in [0.717, 1.165) is 19.3 Å². The van der Waals surface area contributed by atoms with Crippen molar-refractivity contribution in [1.82, 2.24) is 9.88 Å². The summed E-state index contributed by atoms with van der Waals surface area (Å²) in [6, 6.07) is 2.97. The van der Waals surface area contributed by atoms with Gasteiger partial charge in [0.25, 0.3) is 5.91 Å². The van der Waals surface area contributed by atoms with E-state index in [-0.39, 0.29) is 23.5 Å². The minimum atomic E-state index is -0.615. The molecule has 120 valence electrons. The van der Waals surface area contributed by atoms with Crippen LogP contribution in [-0.4, -0.2) is 41.6 Å². The van der Waals surface area contributed by atoms with Gasteiger partial charge in [-0.05, 0) is 32.3 Å². The number of hydrogen-bond donors (Lipinski definition) is 0. The van der Waals surface area contributed by atoms with E-state index in [1.54, 1.807) is 11.0 Å². The van der Waals surface area contributed by atoms with Gasteiger partial charge in [0, 0.05) is 42.9 Å². The van der Waals surface area contributed by atoms with Crippen molar-refractivity contribution >= 4 is 5.91 Å². The Hall–Kier alpha value is -1.49. The summed E-state index contributed by atoms with van der Waals surface area (Å²) in [6.07, 6.45) is 7.11. The molecule has 22 heavy (non-hydrogen) atoms. The lowest BCUT2D eigenvalue weighted by atomic mass is 9.60. The minimum Gasteiger partial charge on any atom is -0.378 e. The van der Waals surface area contributed by atoms with E-state index in [1.165, 1.54) is 25.1 Å². The fourth-order valence-electron chi connectivity index (χ4n) is 4.27. The first kappa shape index (κ1) is 15.4. The van der Waals surface area contributed by atoms with E-state index in [4.69, 9.17) is 4.74 Å². The molecule has 1 spiro atoms. The zero-order valence-electron chi connectivity index (χ0n) is 13.2. The maximum atomic E-state index is 13.2. The number of pyridine rings is 1. The quantitative estimate of drug-likeness (QED) is 0.803. The Morgan fingerprint density at radius 1 is 1.50 bits per heavy atom. The number of rotatable bonds is 4. The zero-order valence-corrected chi connectivity index (χ0v) is 13.2. The fraction of sp³-hybridized carbons (Fsp3) is 0.647. The number of aromatic nitrogens is 1. The van der Waals surface area contributed by atoms with Crippen molar-refractivity contribution in [2.75, 3.05) is 13.7 Å². The van der Waals surface area contributed by atoms with Gasteiger partial charge in [-0.2, -0.15) is 4.39 Å². The van der Waals surface area contributed by atoms with Crippen LogP contribution in [0.1, 0.15) is 49.4 Å². The molecule has 1 aromatic rings. The maximum absolute atomic E-state index is 13.2. The first-order valence-corrected chi connectivity index (χ1v) is 8.09. The molecule has 0 N–H and O–H groups in total. The molecule has 2 aliphatic carbocycles. The van der Waals surface area contributed by atoms with Gasteiger partial charge in [-0.15, -0.1) is 0 Å². The second kappa shape index (κ2) is 5.95. The van der Waals surface area contributed by atoms with Gasteiger partial charge in [-0.3, -0.25) is 4.79 Å². The van der Waals surface area contributed by atoms with Crippen LogP contribution in [0.2, 0.25) is 0 Å².